The monoisotopic (exact) mass is 490 g/mol. The highest BCUT2D eigenvalue weighted by atomic mass is 32.2. The average Bonchev–Trinajstić information content (AvgIpc) is 3.60. The fourth-order valence-corrected chi connectivity index (χ4v) is 6.49. The second-order valence-corrected chi connectivity index (χ2v) is 10.3. The predicted molar refractivity (Wildman–Crippen MR) is 131 cm³/mol. The van der Waals surface area contributed by atoms with Gasteiger partial charge in [-0.1, -0.05) is 47.3 Å². The number of aryl methyl sites for hydroxylation is 2. The summed E-state index contributed by atoms with van der Waals surface area (Å²) in [6.45, 7) is 0.338. The van der Waals surface area contributed by atoms with E-state index in [-0.39, 0.29) is 5.56 Å². The number of furan rings is 1. The molecular formula is C25H22N4O3S2. The summed E-state index contributed by atoms with van der Waals surface area (Å²) in [7, 11) is 0. The van der Waals surface area contributed by atoms with Crippen LogP contribution in [0.1, 0.15) is 46.3 Å². The molecule has 0 atom stereocenters. The van der Waals surface area contributed by atoms with E-state index < -0.39 is 0 Å². The number of thioether (sulfide) groups is 1. The highest BCUT2D eigenvalue weighted by Gasteiger charge is 2.23. The Labute approximate surface area is 203 Å². The molecule has 7 nitrogen and oxygen atoms in total. The van der Waals surface area contributed by atoms with Crippen molar-refractivity contribution in [3.8, 4) is 0 Å². The molecule has 0 saturated heterocycles. The molecule has 5 aromatic rings. The minimum Gasteiger partial charge on any atom is -0.467 e. The van der Waals surface area contributed by atoms with Gasteiger partial charge >= 0.3 is 0 Å². The second-order valence-electron chi connectivity index (χ2n) is 8.31. The van der Waals surface area contributed by atoms with E-state index in [1.807, 2.05) is 42.5 Å². The maximum absolute atomic E-state index is 13.7. The molecule has 0 radical (unpaired) electrons. The first-order chi connectivity index (χ1) is 16.7. The van der Waals surface area contributed by atoms with Crippen molar-refractivity contribution in [2.45, 2.75) is 49.6 Å². The fourth-order valence-electron chi connectivity index (χ4n) is 4.35. The fraction of sp³-hybridized carbons (Fsp3) is 0.280. The van der Waals surface area contributed by atoms with Crippen LogP contribution in [0, 0.1) is 0 Å². The summed E-state index contributed by atoms with van der Waals surface area (Å²) in [5.41, 5.74) is 2.32. The molecule has 9 heteroatoms. The van der Waals surface area contributed by atoms with Crippen molar-refractivity contribution in [2.75, 3.05) is 0 Å². The smallest absolute Gasteiger partial charge is 0.263 e. The van der Waals surface area contributed by atoms with Crippen LogP contribution in [0.4, 0.5) is 0 Å². The summed E-state index contributed by atoms with van der Waals surface area (Å²) in [6.07, 6.45) is 6.51. The van der Waals surface area contributed by atoms with Crippen LogP contribution < -0.4 is 5.56 Å². The van der Waals surface area contributed by atoms with Crippen LogP contribution in [0.25, 0.3) is 10.2 Å². The lowest BCUT2D eigenvalue weighted by Gasteiger charge is -2.12. The second kappa shape index (κ2) is 9.23. The molecule has 1 aliphatic carbocycles. The molecule has 4 aromatic heterocycles. The Morgan fingerprint density at radius 2 is 1.94 bits per heavy atom. The van der Waals surface area contributed by atoms with Gasteiger partial charge in [-0.3, -0.25) is 9.36 Å². The Kier molecular flexibility index (Phi) is 5.80. The predicted octanol–water partition coefficient (Wildman–Crippen LogP) is 5.24. The molecule has 0 N–H and O–H groups in total. The third-order valence-electron chi connectivity index (χ3n) is 5.97. The molecule has 34 heavy (non-hydrogen) atoms. The van der Waals surface area contributed by atoms with Crippen molar-refractivity contribution in [2.24, 2.45) is 0 Å². The molecule has 0 saturated carbocycles. The summed E-state index contributed by atoms with van der Waals surface area (Å²) >= 11 is 3.10. The summed E-state index contributed by atoms with van der Waals surface area (Å²) in [4.78, 5) is 25.2. The minimum absolute atomic E-state index is 0.00130. The van der Waals surface area contributed by atoms with Crippen LogP contribution in [0.5, 0.6) is 0 Å². The summed E-state index contributed by atoms with van der Waals surface area (Å²) < 4.78 is 12.7. The lowest BCUT2D eigenvalue weighted by atomic mass is 9.97. The van der Waals surface area contributed by atoms with Gasteiger partial charge in [-0.15, -0.1) is 11.3 Å². The number of hydrogen-bond acceptors (Lipinski definition) is 8. The zero-order chi connectivity index (χ0) is 22.9. The van der Waals surface area contributed by atoms with E-state index in [9.17, 15) is 4.79 Å². The van der Waals surface area contributed by atoms with E-state index in [1.54, 1.807) is 22.2 Å². The minimum atomic E-state index is -0.00130. The topological polar surface area (TPSA) is 87.0 Å². The van der Waals surface area contributed by atoms with Crippen LogP contribution in [0.2, 0.25) is 0 Å². The van der Waals surface area contributed by atoms with Gasteiger partial charge < -0.3 is 8.94 Å². The van der Waals surface area contributed by atoms with Crippen LogP contribution in [-0.2, 0) is 31.6 Å². The molecule has 1 aromatic carbocycles. The van der Waals surface area contributed by atoms with Crippen molar-refractivity contribution in [1.29, 1.82) is 0 Å². The molecule has 0 bridgehead atoms. The van der Waals surface area contributed by atoms with E-state index in [4.69, 9.17) is 13.9 Å². The van der Waals surface area contributed by atoms with Crippen molar-refractivity contribution in [1.82, 2.24) is 19.7 Å². The van der Waals surface area contributed by atoms with Gasteiger partial charge in [0, 0.05) is 11.3 Å². The lowest BCUT2D eigenvalue weighted by molar-refractivity contribution is 0.385. The molecule has 1 aliphatic rings. The van der Waals surface area contributed by atoms with Crippen LogP contribution in [-0.4, -0.2) is 19.7 Å². The third kappa shape index (κ3) is 4.21. The van der Waals surface area contributed by atoms with E-state index in [0.717, 1.165) is 40.8 Å². The molecule has 0 amide bonds. The SMILES string of the molecule is O=c1c2c3c(sc2nc(SCc2nc(Cc4ccccc4)no2)n1Cc1ccco1)CCCC3. The first-order valence-electron chi connectivity index (χ1n) is 11.3. The number of benzene rings is 1. The Bertz CT molecular complexity index is 1490. The summed E-state index contributed by atoms with van der Waals surface area (Å²) in [5, 5.41) is 5.53. The average molecular weight is 491 g/mol. The van der Waals surface area contributed by atoms with Gasteiger partial charge in [-0.25, -0.2) is 4.98 Å². The van der Waals surface area contributed by atoms with Gasteiger partial charge in [0.25, 0.3) is 5.56 Å². The molecule has 6 rings (SSSR count). The highest BCUT2D eigenvalue weighted by Crippen LogP contribution is 2.35. The molecule has 4 heterocycles. The van der Waals surface area contributed by atoms with Crippen LogP contribution in [0.3, 0.4) is 0 Å². The van der Waals surface area contributed by atoms with Gasteiger partial charge in [-0.2, -0.15) is 4.98 Å². The van der Waals surface area contributed by atoms with Crippen molar-refractivity contribution < 1.29 is 8.94 Å². The van der Waals surface area contributed by atoms with Gasteiger partial charge in [0.05, 0.1) is 23.9 Å². The third-order valence-corrected chi connectivity index (χ3v) is 8.12. The van der Waals surface area contributed by atoms with Gasteiger partial charge in [-0.05, 0) is 48.9 Å². The Morgan fingerprint density at radius 1 is 1.06 bits per heavy atom. The summed E-state index contributed by atoms with van der Waals surface area (Å²) in [5.74, 6) is 2.31. The molecule has 0 unspecified atom stereocenters. The van der Waals surface area contributed by atoms with Crippen molar-refractivity contribution >= 4 is 33.3 Å². The van der Waals surface area contributed by atoms with Crippen LogP contribution >= 0.6 is 23.1 Å². The Hall–Kier alpha value is -3.17. The summed E-state index contributed by atoms with van der Waals surface area (Å²) in [6, 6.07) is 13.8. The molecule has 172 valence electrons. The number of thiophene rings is 1. The van der Waals surface area contributed by atoms with Crippen LogP contribution in [0.15, 0.2) is 67.6 Å². The number of nitrogens with zero attached hydrogens (tertiary/aromatic N) is 4. The first kappa shape index (κ1) is 21.4. The number of fused-ring (bicyclic) bond motifs is 3. The van der Waals surface area contributed by atoms with Gasteiger partial charge in [0.2, 0.25) is 5.89 Å². The highest BCUT2D eigenvalue weighted by molar-refractivity contribution is 7.98. The molecule has 0 aliphatic heterocycles. The first-order valence-corrected chi connectivity index (χ1v) is 13.1. The zero-order valence-corrected chi connectivity index (χ0v) is 20.0. The van der Waals surface area contributed by atoms with Gasteiger partial charge in [0.15, 0.2) is 11.0 Å². The maximum Gasteiger partial charge on any atom is 0.263 e. The normalized spacial score (nSPS) is 13.4. The molecule has 0 spiro atoms. The maximum atomic E-state index is 13.7. The Morgan fingerprint density at radius 3 is 2.79 bits per heavy atom. The standard InChI is InChI=1S/C25H22N4O3S2/c30-24-22-18-10-4-5-11-19(18)34-23(22)27-25(29(24)14-17-9-6-12-31-17)33-15-21-26-20(28-32-21)13-16-7-2-1-3-8-16/h1-3,6-9,12H,4-5,10-11,13-15H2. The van der Waals surface area contributed by atoms with E-state index in [1.165, 1.54) is 28.6 Å². The van der Waals surface area contributed by atoms with Crippen molar-refractivity contribution in [3.05, 3.63) is 92.6 Å². The lowest BCUT2D eigenvalue weighted by Crippen LogP contribution is -2.24. The van der Waals surface area contributed by atoms with E-state index >= 15 is 0 Å². The zero-order valence-electron chi connectivity index (χ0n) is 18.4. The number of rotatable bonds is 7. The van der Waals surface area contributed by atoms with Gasteiger partial charge in [0.1, 0.15) is 10.6 Å². The van der Waals surface area contributed by atoms with Crippen molar-refractivity contribution in [3.63, 3.8) is 0 Å². The largest absolute Gasteiger partial charge is 0.467 e. The van der Waals surface area contributed by atoms with E-state index in [0.29, 0.717) is 35.6 Å². The molecular weight excluding hydrogens is 468 g/mol. The van der Waals surface area contributed by atoms with E-state index in [2.05, 4.69) is 10.1 Å². The number of hydrogen-bond donors (Lipinski definition) is 0. The number of aromatic nitrogens is 4. The molecule has 0 fully saturated rings. The Balaban J connectivity index is 1.31. The quantitative estimate of drug-likeness (QED) is 0.228.